The number of carbonyl (C=O) groups excluding carboxylic acids is 1. The van der Waals surface area contributed by atoms with Crippen molar-refractivity contribution in [2.45, 2.75) is 26.2 Å². The van der Waals surface area contributed by atoms with Crippen molar-refractivity contribution in [1.29, 1.82) is 0 Å². The highest BCUT2D eigenvalue weighted by Gasteiger charge is 2.35. The van der Waals surface area contributed by atoms with Crippen molar-refractivity contribution in [3.05, 3.63) is 63.3 Å². The third-order valence-corrected chi connectivity index (χ3v) is 4.47. The van der Waals surface area contributed by atoms with Crippen LogP contribution in [0.3, 0.4) is 0 Å². The normalized spacial score (nSPS) is 11.7. The molecule has 0 aliphatic heterocycles. The molecular weight excluding hydrogens is 437 g/mol. The lowest BCUT2D eigenvalue weighted by atomic mass is 10.2. The van der Waals surface area contributed by atoms with Gasteiger partial charge in [-0.25, -0.2) is 4.39 Å². The molecule has 12 heteroatoms. The summed E-state index contributed by atoms with van der Waals surface area (Å²) in [7, 11) is 0. The number of rotatable bonds is 5. The number of aromatic nitrogens is 4. The number of halogens is 6. The number of anilines is 1. The van der Waals surface area contributed by atoms with Gasteiger partial charge in [0, 0.05) is 16.8 Å². The molecule has 1 amide bonds. The Morgan fingerprint density at radius 1 is 1.21 bits per heavy atom. The first-order chi connectivity index (χ1) is 13.5. The monoisotopic (exact) mass is 449 g/mol. The molecule has 0 radical (unpaired) electrons. The molecule has 6 nitrogen and oxygen atoms in total. The molecule has 3 aromatic rings. The molecule has 2 heterocycles. The summed E-state index contributed by atoms with van der Waals surface area (Å²) < 4.78 is 54.7. The number of amides is 1. The zero-order valence-electron chi connectivity index (χ0n) is 14.8. The van der Waals surface area contributed by atoms with Gasteiger partial charge in [0.2, 0.25) is 5.91 Å². The molecular formula is C17H13Cl2F4N5O. The molecule has 0 unspecified atom stereocenters. The Balaban J connectivity index is 1.74. The van der Waals surface area contributed by atoms with E-state index in [1.165, 1.54) is 36.0 Å². The number of nitrogens with one attached hydrogen (secondary N) is 1. The minimum absolute atomic E-state index is 0.0264. The Kier molecular flexibility index (Phi) is 5.85. The second kappa shape index (κ2) is 8.03. The zero-order chi connectivity index (χ0) is 21.3. The van der Waals surface area contributed by atoms with Crippen LogP contribution in [-0.2, 0) is 24.1 Å². The van der Waals surface area contributed by atoms with Crippen LogP contribution in [0.4, 0.5) is 23.4 Å². The van der Waals surface area contributed by atoms with Crippen LogP contribution < -0.4 is 5.32 Å². The maximum atomic E-state index is 13.9. The van der Waals surface area contributed by atoms with Gasteiger partial charge in [0.1, 0.15) is 23.1 Å². The Morgan fingerprint density at radius 2 is 1.93 bits per heavy atom. The standard InChI is InChI=1S/C17H13Cl2F4N5O/c1-9-5-14(17(21,22)23)28(25-9)8-15(29)24-16-12(19)7-27(26-16)6-10-11(18)3-2-4-13(10)20/h2-5,7H,6,8H2,1H3,(H,24,26,29). The number of benzene rings is 1. The van der Waals surface area contributed by atoms with Gasteiger partial charge in [-0.15, -0.1) is 0 Å². The van der Waals surface area contributed by atoms with Crippen LogP contribution in [0.5, 0.6) is 0 Å². The van der Waals surface area contributed by atoms with Gasteiger partial charge in [0.15, 0.2) is 5.82 Å². The minimum atomic E-state index is -4.65. The highest BCUT2D eigenvalue weighted by atomic mass is 35.5. The van der Waals surface area contributed by atoms with Crippen molar-refractivity contribution in [3.8, 4) is 0 Å². The van der Waals surface area contributed by atoms with Crippen LogP contribution in [-0.4, -0.2) is 25.5 Å². The summed E-state index contributed by atoms with van der Waals surface area (Å²) in [5.41, 5.74) is -0.752. The fourth-order valence-corrected chi connectivity index (χ4v) is 3.03. The van der Waals surface area contributed by atoms with Crippen molar-refractivity contribution in [2.24, 2.45) is 0 Å². The third kappa shape index (κ3) is 4.88. The van der Waals surface area contributed by atoms with Gasteiger partial charge >= 0.3 is 6.18 Å². The van der Waals surface area contributed by atoms with E-state index in [1.54, 1.807) is 0 Å². The van der Waals surface area contributed by atoms with E-state index in [1.807, 2.05) is 0 Å². The molecule has 0 aliphatic rings. The van der Waals surface area contributed by atoms with Crippen LogP contribution in [0.15, 0.2) is 30.5 Å². The van der Waals surface area contributed by atoms with E-state index in [2.05, 4.69) is 15.5 Å². The van der Waals surface area contributed by atoms with E-state index in [0.29, 0.717) is 4.68 Å². The molecule has 0 aliphatic carbocycles. The predicted molar refractivity (Wildman–Crippen MR) is 98.3 cm³/mol. The fraction of sp³-hybridized carbons (Fsp3) is 0.235. The van der Waals surface area contributed by atoms with Gasteiger partial charge in [-0.2, -0.15) is 23.4 Å². The summed E-state index contributed by atoms with van der Waals surface area (Å²) in [6, 6.07) is 5.04. The van der Waals surface area contributed by atoms with Crippen LogP contribution in [0.25, 0.3) is 0 Å². The number of alkyl halides is 3. The van der Waals surface area contributed by atoms with Crippen molar-refractivity contribution >= 4 is 34.9 Å². The lowest BCUT2D eigenvalue weighted by Gasteiger charge is -2.10. The Labute approximate surface area is 172 Å². The minimum Gasteiger partial charge on any atom is -0.306 e. The van der Waals surface area contributed by atoms with E-state index >= 15 is 0 Å². The molecule has 1 aromatic carbocycles. The van der Waals surface area contributed by atoms with E-state index < -0.39 is 30.1 Å². The highest BCUT2D eigenvalue weighted by Crippen LogP contribution is 2.30. The Hall–Kier alpha value is -2.59. The molecule has 0 bridgehead atoms. The molecule has 3 rings (SSSR count). The van der Waals surface area contributed by atoms with Gasteiger partial charge in [-0.3, -0.25) is 14.2 Å². The highest BCUT2D eigenvalue weighted by molar-refractivity contribution is 6.33. The smallest absolute Gasteiger partial charge is 0.306 e. The Morgan fingerprint density at radius 3 is 2.59 bits per heavy atom. The summed E-state index contributed by atoms with van der Waals surface area (Å²) in [6.07, 6.45) is -3.32. The maximum absolute atomic E-state index is 13.9. The molecule has 0 atom stereocenters. The second-order valence-electron chi connectivity index (χ2n) is 6.10. The van der Waals surface area contributed by atoms with E-state index in [4.69, 9.17) is 23.2 Å². The molecule has 1 N–H and O–H groups in total. The second-order valence-corrected chi connectivity index (χ2v) is 6.91. The van der Waals surface area contributed by atoms with Crippen molar-refractivity contribution in [2.75, 3.05) is 5.32 Å². The summed E-state index contributed by atoms with van der Waals surface area (Å²) in [4.78, 5) is 12.2. The van der Waals surface area contributed by atoms with Gasteiger partial charge in [0.25, 0.3) is 0 Å². The van der Waals surface area contributed by atoms with Gasteiger partial charge < -0.3 is 5.32 Å². The average molecular weight is 450 g/mol. The van der Waals surface area contributed by atoms with Gasteiger partial charge in [-0.1, -0.05) is 29.3 Å². The summed E-state index contributed by atoms with van der Waals surface area (Å²) in [5, 5.41) is 10.2. The zero-order valence-corrected chi connectivity index (χ0v) is 16.3. The largest absolute Gasteiger partial charge is 0.433 e. The first kappa shape index (κ1) is 21.1. The predicted octanol–water partition coefficient (Wildman–Crippen LogP) is 4.54. The fourth-order valence-electron chi connectivity index (χ4n) is 2.61. The van der Waals surface area contributed by atoms with Crippen LogP contribution in [0, 0.1) is 12.7 Å². The molecule has 29 heavy (non-hydrogen) atoms. The molecule has 2 aromatic heterocycles. The maximum Gasteiger partial charge on any atom is 0.433 e. The summed E-state index contributed by atoms with van der Waals surface area (Å²) in [6.45, 7) is 0.638. The lowest BCUT2D eigenvalue weighted by molar-refractivity contribution is -0.144. The molecule has 0 saturated carbocycles. The van der Waals surface area contributed by atoms with E-state index in [9.17, 15) is 22.4 Å². The number of nitrogens with zero attached hydrogens (tertiary/aromatic N) is 4. The van der Waals surface area contributed by atoms with Crippen molar-refractivity contribution < 1.29 is 22.4 Å². The summed E-state index contributed by atoms with van der Waals surface area (Å²) >= 11 is 12.0. The number of carbonyl (C=O) groups is 1. The lowest BCUT2D eigenvalue weighted by Crippen LogP contribution is -2.24. The quantitative estimate of drug-likeness (QED) is 0.581. The third-order valence-electron chi connectivity index (χ3n) is 3.84. The van der Waals surface area contributed by atoms with E-state index in [-0.39, 0.29) is 33.7 Å². The number of aryl methyl sites for hydroxylation is 1. The topological polar surface area (TPSA) is 64.7 Å². The molecule has 0 fully saturated rings. The van der Waals surface area contributed by atoms with Gasteiger partial charge in [0.05, 0.1) is 12.2 Å². The molecule has 0 spiro atoms. The Bertz CT molecular complexity index is 1040. The van der Waals surface area contributed by atoms with Crippen LogP contribution in [0.2, 0.25) is 10.0 Å². The van der Waals surface area contributed by atoms with Crippen molar-refractivity contribution in [1.82, 2.24) is 19.6 Å². The van der Waals surface area contributed by atoms with E-state index in [0.717, 1.165) is 6.07 Å². The van der Waals surface area contributed by atoms with Crippen LogP contribution >= 0.6 is 23.2 Å². The van der Waals surface area contributed by atoms with Crippen LogP contribution in [0.1, 0.15) is 17.0 Å². The SMILES string of the molecule is Cc1cc(C(F)(F)F)n(CC(=O)Nc2nn(Cc3c(F)cccc3Cl)cc2Cl)n1. The van der Waals surface area contributed by atoms with Gasteiger partial charge in [-0.05, 0) is 25.1 Å². The molecule has 0 saturated heterocycles. The van der Waals surface area contributed by atoms with Crippen molar-refractivity contribution in [3.63, 3.8) is 0 Å². The molecule has 154 valence electrons. The first-order valence-corrected chi connectivity index (χ1v) is 8.87. The average Bonchev–Trinajstić information content (AvgIpc) is 3.13. The summed E-state index contributed by atoms with van der Waals surface area (Å²) in [5.74, 6) is -1.43. The number of hydrogen-bond acceptors (Lipinski definition) is 3. The first-order valence-electron chi connectivity index (χ1n) is 8.12. The number of hydrogen-bond donors (Lipinski definition) is 1.